The molecule has 0 radical (unpaired) electrons. The van der Waals surface area contributed by atoms with Gasteiger partial charge in [-0.15, -0.1) is 11.3 Å². The number of fused-ring (bicyclic) bond motifs is 1. The molecule has 2 aromatic rings. The quantitative estimate of drug-likeness (QED) is 0.441. The van der Waals surface area contributed by atoms with Crippen LogP contribution < -0.4 is 4.74 Å². The summed E-state index contributed by atoms with van der Waals surface area (Å²) in [5.74, 6) is 1.74. The van der Waals surface area contributed by atoms with E-state index in [1.165, 1.54) is 43.9 Å². The fourth-order valence-corrected chi connectivity index (χ4v) is 6.80. The second kappa shape index (κ2) is 11.8. The van der Waals surface area contributed by atoms with Gasteiger partial charge in [-0.3, -0.25) is 4.79 Å². The summed E-state index contributed by atoms with van der Waals surface area (Å²) in [5.41, 5.74) is 1.14. The van der Waals surface area contributed by atoms with Crippen molar-refractivity contribution < 1.29 is 13.9 Å². The maximum Gasteiger partial charge on any atom is 0.273 e. The molecule has 2 aromatic heterocycles. The van der Waals surface area contributed by atoms with Crippen LogP contribution in [0.2, 0.25) is 0 Å². The standard InChI is InChI=1S/C25H36FN3O2S2/c1-17(26)16-31-25-28-23-8-11-29(12-9-24(23)33-25)10-7-19-3-5-20(6-4-19)13-21(30)14-22-15-27-18(2)32-22/h15,17,19-20H,3-14,16H2,1-2H3. The molecule has 0 bridgehead atoms. The molecule has 0 saturated heterocycles. The number of ketones is 1. The number of thiazole rings is 2. The van der Waals surface area contributed by atoms with Crippen molar-refractivity contribution in [3.05, 3.63) is 26.7 Å². The molecule has 0 spiro atoms. The number of hydrogen-bond donors (Lipinski definition) is 0. The van der Waals surface area contributed by atoms with Gasteiger partial charge < -0.3 is 9.64 Å². The van der Waals surface area contributed by atoms with E-state index in [0.29, 0.717) is 23.3 Å². The number of ether oxygens (including phenoxy) is 1. The topological polar surface area (TPSA) is 55.3 Å². The van der Waals surface area contributed by atoms with Crippen molar-refractivity contribution in [2.75, 3.05) is 26.2 Å². The maximum atomic E-state index is 13.0. The summed E-state index contributed by atoms with van der Waals surface area (Å²) >= 11 is 3.23. The highest BCUT2D eigenvalue weighted by molar-refractivity contribution is 7.13. The Morgan fingerprint density at radius 1 is 1.21 bits per heavy atom. The Labute approximate surface area is 204 Å². The fourth-order valence-electron chi connectivity index (χ4n) is 5.02. The first-order chi connectivity index (χ1) is 15.9. The van der Waals surface area contributed by atoms with E-state index in [2.05, 4.69) is 14.9 Å². The minimum Gasteiger partial charge on any atom is -0.467 e. The first-order valence-electron chi connectivity index (χ1n) is 12.4. The Bertz CT molecular complexity index is 880. The number of halogens is 1. The minimum absolute atomic E-state index is 0.0841. The van der Waals surface area contributed by atoms with Crippen molar-refractivity contribution in [1.82, 2.24) is 14.9 Å². The molecule has 0 aromatic carbocycles. The number of Topliss-reactive ketones (excluding diaryl/α,β-unsaturated/α-hetero) is 1. The van der Waals surface area contributed by atoms with Crippen LogP contribution in [0.15, 0.2) is 6.20 Å². The summed E-state index contributed by atoms with van der Waals surface area (Å²) < 4.78 is 18.5. The number of carbonyl (C=O) groups is 1. The minimum atomic E-state index is -0.965. The lowest BCUT2D eigenvalue weighted by Crippen LogP contribution is -2.30. The van der Waals surface area contributed by atoms with Crippen molar-refractivity contribution in [2.24, 2.45) is 11.8 Å². The van der Waals surface area contributed by atoms with Crippen LogP contribution in [0.4, 0.5) is 4.39 Å². The summed E-state index contributed by atoms with van der Waals surface area (Å²) in [6, 6.07) is 0. The second-order valence-corrected chi connectivity index (χ2v) is 12.1. The molecule has 0 amide bonds. The van der Waals surface area contributed by atoms with E-state index in [0.717, 1.165) is 60.4 Å². The SMILES string of the molecule is Cc1ncc(CC(=O)CC2CCC(CCN3CCc4nc(OCC(C)F)sc4CC3)CC2)s1. The highest BCUT2D eigenvalue weighted by atomic mass is 32.1. The number of aryl methyl sites for hydroxylation is 1. The van der Waals surface area contributed by atoms with Crippen LogP contribution in [-0.2, 0) is 24.1 Å². The molecule has 0 N–H and O–H groups in total. The van der Waals surface area contributed by atoms with Gasteiger partial charge >= 0.3 is 0 Å². The van der Waals surface area contributed by atoms with Crippen molar-refractivity contribution in [3.8, 4) is 5.19 Å². The number of alkyl halides is 1. The molecule has 1 unspecified atom stereocenters. The Balaban J connectivity index is 1.13. The van der Waals surface area contributed by atoms with Crippen molar-refractivity contribution in [1.29, 1.82) is 0 Å². The molecule has 182 valence electrons. The normalized spacial score (nSPS) is 22.5. The number of carbonyl (C=O) groups excluding carboxylic acids is 1. The van der Waals surface area contributed by atoms with Gasteiger partial charge in [0.2, 0.25) is 0 Å². The Kier molecular flexibility index (Phi) is 8.88. The number of nitrogens with zero attached hydrogens (tertiary/aromatic N) is 3. The van der Waals surface area contributed by atoms with Crippen LogP contribution in [0.25, 0.3) is 0 Å². The fraction of sp³-hybridized carbons (Fsp3) is 0.720. The predicted molar refractivity (Wildman–Crippen MR) is 132 cm³/mol. The lowest BCUT2D eigenvalue weighted by Gasteiger charge is -2.30. The predicted octanol–water partition coefficient (Wildman–Crippen LogP) is 5.44. The number of hydrogen-bond acceptors (Lipinski definition) is 7. The average Bonchev–Trinajstić information content (AvgIpc) is 3.32. The van der Waals surface area contributed by atoms with Crippen LogP contribution in [0.3, 0.4) is 0 Å². The summed E-state index contributed by atoms with van der Waals surface area (Å²) in [6.45, 7) is 6.83. The van der Waals surface area contributed by atoms with Crippen LogP contribution in [-0.4, -0.2) is 53.1 Å². The van der Waals surface area contributed by atoms with Crippen LogP contribution in [0, 0.1) is 18.8 Å². The van der Waals surface area contributed by atoms with E-state index in [1.807, 2.05) is 13.1 Å². The molecule has 1 aliphatic carbocycles. The molecule has 1 aliphatic heterocycles. The molecule has 3 heterocycles. The average molecular weight is 494 g/mol. The molecule has 1 atom stereocenters. The van der Waals surface area contributed by atoms with Crippen LogP contribution >= 0.6 is 22.7 Å². The molecule has 1 saturated carbocycles. The molecule has 8 heteroatoms. The van der Waals surface area contributed by atoms with Gasteiger partial charge in [0.1, 0.15) is 18.6 Å². The molecule has 33 heavy (non-hydrogen) atoms. The van der Waals surface area contributed by atoms with E-state index >= 15 is 0 Å². The highest BCUT2D eigenvalue weighted by Gasteiger charge is 2.25. The van der Waals surface area contributed by atoms with Gasteiger partial charge in [-0.25, -0.2) is 14.4 Å². The Morgan fingerprint density at radius 3 is 2.70 bits per heavy atom. The number of aromatic nitrogens is 2. The summed E-state index contributed by atoms with van der Waals surface area (Å²) in [5, 5.41) is 1.66. The van der Waals surface area contributed by atoms with Crippen LogP contribution in [0.5, 0.6) is 5.19 Å². The summed E-state index contributed by atoms with van der Waals surface area (Å²) in [7, 11) is 0. The molecular formula is C25H36FN3O2S2. The molecule has 4 rings (SSSR count). The van der Waals surface area contributed by atoms with Crippen molar-refractivity contribution >= 4 is 28.5 Å². The summed E-state index contributed by atoms with van der Waals surface area (Å²) in [4.78, 5) is 26.3. The zero-order chi connectivity index (χ0) is 23.2. The van der Waals surface area contributed by atoms with Gasteiger partial charge in [0.25, 0.3) is 5.19 Å². The zero-order valence-corrected chi connectivity index (χ0v) is 21.5. The second-order valence-electron chi connectivity index (χ2n) is 9.72. The molecular weight excluding hydrogens is 457 g/mol. The van der Waals surface area contributed by atoms with E-state index in [9.17, 15) is 9.18 Å². The lowest BCUT2D eigenvalue weighted by atomic mass is 9.78. The third-order valence-corrected chi connectivity index (χ3v) is 8.87. The van der Waals surface area contributed by atoms with E-state index in [4.69, 9.17) is 4.74 Å². The smallest absolute Gasteiger partial charge is 0.273 e. The van der Waals surface area contributed by atoms with Gasteiger partial charge in [0.05, 0.1) is 10.7 Å². The monoisotopic (exact) mass is 493 g/mol. The zero-order valence-electron chi connectivity index (χ0n) is 19.9. The Hall–Kier alpha value is -1.38. The van der Waals surface area contributed by atoms with Gasteiger partial charge in [-0.1, -0.05) is 24.2 Å². The van der Waals surface area contributed by atoms with Crippen molar-refractivity contribution in [2.45, 2.75) is 77.8 Å². The third kappa shape index (κ3) is 7.55. The van der Waals surface area contributed by atoms with Crippen molar-refractivity contribution in [3.63, 3.8) is 0 Å². The largest absolute Gasteiger partial charge is 0.467 e. The molecule has 2 aliphatic rings. The molecule has 5 nitrogen and oxygen atoms in total. The van der Waals surface area contributed by atoms with Gasteiger partial charge in [0, 0.05) is 48.3 Å². The van der Waals surface area contributed by atoms with E-state index in [-0.39, 0.29) is 6.61 Å². The third-order valence-electron chi connectivity index (χ3n) is 6.89. The van der Waals surface area contributed by atoms with Gasteiger partial charge in [-0.2, -0.15) is 0 Å². The Morgan fingerprint density at radius 2 is 1.97 bits per heavy atom. The van der Waals surface area contributed by atoms with Gasteiger partial charge in [-0.05, 0) is 57.9 Å². The maximum absolute atomic E-state index is 13.0. The summed E-state index contributed by atoms with van der Waals surface area (Å²) in [6.07, 6.45) is 10.3. The lowest BCUT2D eigenvalue weighted by molar-refractivity contribution is -0.119. The molecule has 1 fully saturated rings. The first kappa shape index (κ1) is 24.7. The van der Waals surface area contributed by atoms with E-state index < -0.39 is 6.17 Å². The van der Waals surface area contributed by atoms with Gasteiger partial charge in [0.15, 0.2) is 0 Å². The highest BCUT2D eigenvalue weighted by Crippen LogP contribution is 2.34. The van der Waals surface area contributed by atoms with Crippen LogP contribution in [0.1, 0.15) is 65.9 Å². The van der Waals surface area contributed by atoms with E-state index in [1.54, 1.807) is 22.7 Å². The number of rotatable bonds is 10. The first-order valence-corrected chi connectivity index (χ1v) is 14.0.